The molecule has 0 aliphatic carbocycles. The van der Waals surface area contributed by atoms with E-state index in [1.54, 1.807) is 13.8 Å². The number of pyridine rings is 1. The highest BCUT2D eigenvalue weighted by molar-refractivity contribution is 5.63. The number of rotatable bonds is 6. The predicted molar refractivity (Wildman–Crippen MR) is 70.1 cm³/mol. The standard InChI is InChI=1S/C12H16F3N3O3/c1-8(2)17(4-3-5-19)9-6-11(12(13,14)15)16-7-10(9)18(20)21/h6-8,19H,3-5H2,1-2H3. The molecule has 9 heteroatoms. The van der Waals surface area contributed by atoms with E-state index in [2.05, 4.69) is 4.98 Å². The zero-order valence-corrected chi connectivity index (χ0v) is 11.6. The molecule has 0 spiro atoms. The van der Waals surface area contributed by atoms with Gasteiger partial charge in [-0.3, -0.25) is 10.1 Å². The Morgan fingerprint density at radius 3 is 2.52 bits per heavy atom. The lowest BCUT2D eigenvalue weighted by Gasteiger charge is -2.28. The molecule has 1 heterocycles. The molecule has 0 bridgehead atoms. The zero-order chi connectivity index (χ0) is 16.2. The number of nitrogens with zero attached hydrogens (tertiary/aromatic N) is 3. The minimum absolute atomic E-state index is 0.147. The number of alkyl halides is 3. The molecule has 1 aromatic rings. The maximum absolute atomic E-state index is 12.7. The van der Waals surface area contributed by atoms with Crippen molar-refractivity contribution in [1.82, 2.24) is 4.98 Å². The normalized spacial score (nSPS) is 11.8. The highest BCUT2D eigenvalue weighted by Gasteiger charge is 2.35. The molecule has 0 saturated heterocycles. The van der Waals surface area contributed by atoms with Crippen LogP contribution in [-0.2, 0) is 6.18 Å². The van der Waals surface area contributed by atoms with Gasteiger partial charge in [0, 0.05) is 19.2 Å². The highest BCUT2D eigenvalue weighted by atomic mass is 19.4. The fraction of sp³-hybridized carbons (Fsp3) is 0.583. The van der Waals surface area contributed by atoms with E-state index in [-0.39, 0.29) is 24.9 Å². The summed E-state index contributed by atoms with van der Waals surface area (Å²) in [7, 11) is 0. The smallest absolute Gasteiger partial charge is 0.396 e. The minimum Gasteiger partial charge on any atom is -0.396 e. The van der Waals surface area contributed by atoms with Crippen molar-refractivity contribution in [2.45, 2.75) is 32.5 Å². The second kappa shape index (κ2) is 6.70. The SMILES string of the molecule is CC(C)N(CCCO)c1cc(C(F)(F)F)ncc1[N+](=O)[O-]. The summed E-state index contributed by atoms with van der Waals surface area (Å²) in [6, 6.07) is 0.411. The van der Waals surface area contributed by atoms with Gasteiger partial charge in [-0.25, -0.2) is 4.98 Å². The topological polar surface area (TPSA) is 79.5 Å². The van der Waals surface area contributed by atoms with Gasteiger partial charge in [0.2, 0.25) is 0 Å². The van der Waals surface area contributed by atoms with Gasteiger partial charge in [0.25, 0.3) is 0 Å². The first-order chi connectivity index (χ1) is 9.68. The largest absolute Gasteiger partial charge is 0.433 e. The highest BCUT2D eigenvalue weighted by Crippen LogP contribution is 2.35. The summed E-state index contributed by atoms with van der Waals surface area (Å²) in [4.78, 5) is 14.8. The van der Waals surface area contributed by atoms with Crippen LogP contribution < -0.4 is 4.90 Å². The number of hydrogen-bond donors (Lipinski definition) is 1. The molecule has 0 aliphatic rings. The Labute approximate surface area is 119 Å². The lowest BCUT2D eigenvalue weighted by atomic mass is 10.2. The molecule has 0 unspecified atom stereocenters. The first kappa shape index (κ1) is 17.2. The molecule has 6 nitrogen and oxygen atoms in total. The number of aliphatic hydroxyl groups is 1. The predicted octanol–water partition coefficient (Wildman–Crippen LogP) is 2.61. The van der Waals surface area contributed by atoms with Crippen LogP contribution in [0, 0.1) is 10.1 Å². The number of anilines is 1. The van der Waals surface area contributed by atoms with Crippen LogP contribution in [0.2, 0.25) is 0 Å². The van der Waals surface area contributed by atoms with Crippen molar-refractivity contribution in [1.29, 1.82) is 0 Å². The monoisotopic (exact) mass is 307 g/mol. The molecule has 1 aromatic heterocycles. The van der Waals surface area contributed by atoms with E-state index in [9.17, 15) is 23.3 Å². The number of halogens is 3. The van der Waals surface area contributed by atoms with E-state index >= 15 is 0 Å². The summed E-state index contributed by atoms with van der Waals surface area (Å²) in [6.45, 7) is 3.45. The number of aromatic nitrogens is 1. The van der Waals surface area contributed by atoms with E-state index in [0.717, 1.165) is 0 Å². The maximum Gasteiger partial charge on any atom is 0.433 e. The fourth-order valence-corrected chi connectivity index (χ4v) is 1.86. The molecule has 118 valence electrons. The Balaban J connectivity index is 3.35. The molecule has 0 saturated carbocycles. The van der Waals surface area contributed by atoms with Gasteiger partial charge in [0.15, 0.2) is 0 Å². The average Bonchev–Trinajstić information content (AvgIpc) is 2.37. The first-order valence-electron chi connectivity index (χ1n) is 6.27. The van der Waals surface area contributed by atoms with Crippen LogP contribution in [0.15, 0.2) is 12.3 Å². The van der Waals surface area contributed by atoms with Crippen LogP contribution >= 0.6 is 0 Å². The molecule has 0 atom stereocenters. The van der Waals surface area contributed by atoms with E-state index in [4.69, 9.17) is 5.11 Å². The zero-order valence-electron chi connectivity index (χ0n) is 11.6. The minimum atomic E-state index is -4.68. The second-order valence-corrected chi connectivity index (χ2v) is 4.68. The van der Waals surface area contributed by atoms with Gasteiger partial charge < -0.3 is 10.0 Å². The molecule has 1 rings (SSSR count). The summed E-state index contributed by atoms with van der Waals surface area (Å²) in [5.41, 5.74) is -1.82. The van der Waals surface area contributed by atoms with Gasteiger partial charge in [-0.15, -0.1) is 0 Å². The molecule has 0 aliphatic heterocycles. The molecule has 1 N–H and O–H groups in total. The van der Waals surface area contributed by atoms with Crippen molar-refractivity contribution in [3.05, 3.63) is 28.1 Å². The number of hydrogen-bond acceptors (Lipinski definition) is 5. The van der Waals surface area contributed by atoms with Crippen LogP contribution in [0.25, 0.3) is 0 Å². The van der Waals surface area contributed by atoms with Gasteiger partial charge in [-0.1, -0.05) is 0 Å². The van der Waals surface area contributed by atoms with E-state index in [0.29, 0.717) is 18.7 Å². The van der Waals surface area contributed by atoms with E-state index in [1.807, 2.05) is 0 Å². The van der Waals surface area contributed by atoms with Crippen LogP contribution in [0.1, 0.15) is 26.0 Å². The van der Waals surface area contributed by atoms with Gasteiger partial charge in [0.1, 0.15) is 17.6 Å². The molecular weight excluding hydrogens is 291 g/mol. The Kier molecular flexibility index (Phi) is 5.47. The molecule has 0 radical (unpaired) electrons. The molecule has 21 heavy (non-hydrogen) atoms. The van der Waals surface area contributed by atoms with E-state index < -0.39 is 22.5 Å². The molecule has 0 fully saturated rings. The van der Waals surface area contributed by atoms with Gasteiger partial charge >= 0.3 is 11.9 Å². The van der Waals surface area contributed by atoms with Crippen LogP contribution in [-0.4, -0.2) is 34.2 Å². The lowest BCUT2D eigenvalue weighted by molar-refractivity contribution is -0.384. The van der Waals surface area contributed by atoms with Crippen molar-refractivity contribution < 1.29 is 23.2 Å². The number of nitro groups is 1. The Hall–Kier alpha value is -1.90. The van der Waals surface area contributed by atoms with Gasteiger partial charge in [-0.05, 0) is 26.3 Å². The third-order valence-electron chi connectivity index (χ3n) is 2.84. The van der Waals surface area contributed by atoms with Gasteiger partial charge in [0.05, 0.1) is 4.92 Å². The van der Waals surface area contributed by atoms with Crippen molar-refractivity contribution in [3.63, 3.8) is 0 Å². The van der Waals surface area contributed by atoms with Crippen molar-refractivity contribution >= 4 is 11.4 Å². The van der Waals surface area contributed by atoms with Crippen LogP contribution in [0.5, 0.6) is 0 Å². The second-order valence-electron chi connectivity index (χ2n) is 4.68. The summed E-state index contributed by atoms with van der Waals surface area (Å²) >= 11 is 0. The third kappa shape index (κ3) is 4.28. The Morgan fingerprint density at radius 2 is 2.10 bits per heavy atom. The Bertz CT molecular complexity index is 506. The summed E-state index contributed by atoms with van der Waals surface area (Å²) in [5.74, 6) is 0. The fourth-order valence-electron chi connectivity index (χ4n) is 1.86. The summed E-state index contributed by atoms with van der Waals surface area (Å²) in [5, 5.41) is 19.8. The Morgan fingerprint density at radius 1 is 1.48 bits per heavy atom. The lowest BCUT2D eigenvalue weighted by Crippen LogP contribution is -2.33. The average molecular weight is 307 g/mol. The maximum atomic E-state index is 12.7. The molecule has 0 amide bonds. The first-order valence-corrected chi connectivity index (χ1v) is 6.27. The molecular formula is C12H16F3N3O3. The van der Waals surface area contributed by atoms with Crippen molar-refractivity contribution in [2.24, 2.45) is 0 Å². The quantitative estimate of drug-likeness (QED) is 0.645. The van der Waals surface area contributed by atoms with E-state index in [1.165, 1.54) is 4.90 Å². The third-order valence-corrected chi connectivity index (χ3v) is 2.84. The van der Waals surface area contributed by atoms with Gasteiger partial charge in [-0.2, -0.15) is 13.2 Å². The molecule has 0 aromatic carbocycles. The van der Waals surface area contributed by atoms with Crippen molar-refractivity contribution in [3.8, 4) is 0 Å². The summed E-state index contributed by atoms with van der Waals surface area (Å²) < 4.78 is 38.2. The van der Waals surface area contributed by atoms with Crippen LogP contribution in [0.4, 0.5) is 24.5 Å². The summed E-state index contributed by atoms with van der Waals surface area (Å²) in [6.07, 6.45) is -3.77. The van der Waals surface area contributed by atoms with Crippen LogP contribution in [0.3, 0.4) is 0 Å². The number of aliphatic hydroxyl groups excluding tert-OH is 1. The van der Waals surface area contributed by atoms with Crippen molar-refractivity contribution in [2.75, 3.05) is 18.1 Å².